The zero-order chi connectivity index (χ0) is 13.1. The lowest BCUT2D eigenvalue weighted by Gasteiger charge is -2.23. The molecular formula is C12H13F3N2. The van der Waals surface area contributed by atoms with Gasteiger partial charge >= 0.3 is 6.18 Å². The predicted octanol–water partition coefficient (Wildman–Crippen LogP) is 3.13. The van der Waals surface area contributed by atoms with E-state index in [4.69, 9.17) is 5.26 Å². The fourth-order valence-corrected chi connectivity index (χ4v) is 1.46. The molecule has 17 heavy (non-hydrogen) atoms. The summed E-state index contributed by atoms with van der Waals surface area (Å²) in [4.78, 5) is 1.44. The van der Waals surface area contributed by atoms with Crippen LogP contribution in [0, 0.1) is 24.2 Å². The predicted molar refractivity (Wildman–Crippen MR) is 59.6 cm³/mol. The molecule has 0 fully saturated rings. The molecule has 2 nitrogen and oxygen atoms in total. The Morgan fingerprint density at radius 2 is 2.06 bits per heavy atom. The molecule has 0 spiro atoms. The van der Waals surface area contributed by atoms with Gasteiger partial charge < -0.3 is 4.90 Å². The second kappa shape index (κ2) is 5.09. The molecule has 1 aromatic carbocycles. The van der Waals surface area contributed by atoms with Crippen molar-refractivity contribution in [1.82, 2.24) is 0 Å². The SMILES string of the molecule is Cc1cccc(N(C)CC(C#N)C(F)(F)F)c1. The molecule has 0 saturated carbocycles. The minimum absolute atomic E-state index is 0.358. The Bertz CT molecular complexity index is 420. The van der Waals surface area contributed by atoms with E-state index in [1.807, 2.05) is 13.0 Å². The lowest BCUT2D eigenvalue weighted by molar-refractivity contribution is -0.156. The lowest BCUT2D eigenvalue weighted by atomic mass is 10.1. The van der Waals surface area contributed by atoms with Gasteiger partial charge in [0.05, 0.1) is 6.07 Å². The van der Waals surface area contributed by atoms with Crippen LogP contribution in [0.3, 0.4) is 0 Å². The maximum atomic E-state index is 12.4. The maximum Gasteiger partial charge on any atom is 0.406 e. The van der Waals surface area contributed by atoms with Crippen molar-refractivity contribution in [2.75, 3.05) is 18.5 Å². The third kappa shape index (κ3) is 3.66. The minimum atomic E-state index is -4.48. The number of anilines is 1. The van der Waals surface area contributed by atoms with Gasteiger partial charge in [0.2, 0.25) is 0 Å². The molecule has 0 bridgehead atoms. The highest BCUT2D eigenvalue weighted by Crippen LogP contribution is 2.27. The Kier molecular flexibility index (Phi) is 4.00. The summed E-state index contributed by atoms with van der Waals surface area (Å²) >= 11 is 0. The van der Waals surface area contributed by atoms with E-state index in [1.165, 1.54) is 11.0 Å². The second-order valence-electron chi connectivity index (χ2n) is 3.94. The van der Waals surface area contributed by atoms with E-state index in [-0.39, 0.29) is 6.54 Å². The smallest absolute Gasteiger partial charge is 0.373 e. The van der Waals surface area contributed by atoms with Crippen molar-refractivity contribution >= 4 is 5.69 Å². The average Bonchev–Trinajstić information content (AvgIpc) is 2.23. The van der Waals surface area contributed by atoms with E-state index in [0.29, 0.717) is 5.69 Å². The number of halogens is 3. The summed E-state index contributed by atoms with van der Waals surface area (Å²) in [7, 11) is 1.55. The molecule has 1 aromatic rings. The summed E-state index contributed by atoms with van der Waals surface area (Å²) in [5, 5.41) is 8.52. The number of hydrogen-bond acceptors (Lipinski definition) is 2. The van der Waals surface area contributed by atoms with Gasteiger partial charge in [-0.1, -0.05) is 12.1 Å². The first-order valence-electron chi connectivity index (χ1n) is 5.08. The Morgan fingerprint density at radius 3 is 2.53 bits per heavy atom. The van der Waals surface area contributed by atoms with Gasteiger partial charge in [-0.2, -0.15) is 18.4 Å². The van der Waals surface area contributed by atoms with Crippen LogP contribution in [0.25, 0.3) is 0 Å². The Morgan fingerprint density at radius 1 is 1.41 bits per heavy atom. The number of alkyl halides is 3. The van der Waals surface area contributed by atoms with Gasteiger partial charge in [0, 0.05) is 19.3 Å². The summed E-state index contributed by atoms with van der Waals surface area (Å²) < 4.78 is 37.3. The van der Waals surface area contributed by atoms with Crippen molar-refractivity contribution in [1.29, 1.82) is 5.26 Å². The standard InChI is InChI=1S/C12H13F3N2/c1-9-4-3-5-11(6-9)17(2)8-10(7-16)12(13,14)15/h3-6,10H,8H2,1-2H3. The second-order valence-corrected chi connectivity index (χ2v) is 3.94. The fourth-order valence-electron chi connectivity index (χ4n) is 1.46. The molecule has 0 amide bonds. The lowest BCUT2D eigenvalue weighted by Crippen LogP contribution is -2.33. The number of aryl methyl sites for hydroxylation is 1. The van der Waals surface area contributed by atoms with Crippen LogP contribution in [0.15, 0.2) is 24.3 Å². The van der Waals surface area contributed by atoms with E-state index in [9.17, 15) is 13.2 Å². The average molecular weight is 242 g/mol. The number of nitriles is 1. The number of nitrogens with zero attached hydrogens (tertiary/aromatic N) is 2. The first kappa shape index (κ1) is 13.4. The monoisotopic (exact) mass is 242 g/mol. The van der Waals surface area contributed by atoms with E-state index in [2.05, 4.69) is 0 Å². The van der Waals surface area contributed by atoms with E-state index in [0.717, 1.165) is 5.56 Å². The summed E-state index contributed by atoms with van der Waals surface area (Å²) in [6, 6.07) is 8.43. The highest BCUT2D eigenvalue weighted by atomic mass is 19.4. The molecule has 0 aliphatic rings. The molecule has 5 heteroatoms. The van der Waals surface area contributed by atoms with Crippen LogP contribution in [-0.2, 0) is 0 Å². The molecule has 0 saturated heterocycles. The van der Waals surface area contributed by atoms with Crippen LogP contribution in [-0.4, -0.2) is 19.8 Å². The van der Waals surface area contributed by atoms with Gasteiger partial charge in [-0.05, 0) is 24.6 Å². The Labute approximate surface area is 98.3 Å². The van der Waals surface area contributed by atoms with E-state index >= 15 is 0 Å². The highest BCUT2D eigenvalue weighted by molar-refractivity contribution is 5.47. The summed E-state index contributed by atoms with van der Waals surface area (Å²) in [5.74, 6) is -1.96. The third-order valence-corrected chi connectivity index (χ3v) is 2.45. The first-order chi connectivity index (χ1) is 7.84. The largest absolute Gasteiger partial charge is 0.406 e. The molecule has 1 rings (SSSR count). The van der Waals surface area contributed by atoms with Gasteiger partial charge in [-0.15, -0.1) is 0 Å². The summed E-state index contributed by atoms with van der Waals surface area (Å²) in [5.41, 5.74) is 1.64. The van der Waals surface area contributed by atoms with Crippen LogP contribution in [0.5, 0.6) is 0 Å². The molecule has 0 aliphatic carbocycles. The highest BCUT2D eigenvalue weighted by Gasteiger charge is 2.40. The molecule has 0 N–H and O–H groups in total. The van der Waals surface area contributed by atoms with E-state index in [1.54, 1.807) is 25.2 Å². The molecule has 0 aromatic heterocycles. The molecule has 0 heterocycles. The van der Waals surface area contributed by atoms with Gasteiger partial charge in [0.25, 0.3) is 0 Å². The van der Waals surface area contributed by atoms with E-state index < -0.39 is 12.1 Å². The number of benzene rings is 1. The summed E-state index contributed by atoms with van der Waals surface area (Å²) in [6.07, 6.45) is -4.48. The van der Waals surface area contributed by atoms with Crippen molar-refractivity contribution in [3.63, 3.8) is 0 Å². The van der Waals surface area contributed by atoms with Crippen LogP contribution in [0.2, 0.25) is 0 Å². The number of rotatable bonds is 3. The molecule has 1 unspecified atom stereocenters. The van der Waals surface area contributed by atoms with Gasteiger partial charge in [0.1, 0.15) is 0 Å². The van der Waals surface area contributed by atoms with Gasteiger partial charge in [0.15, 0.2) is 5.92 Å². The maximum absolute atomic E-state index is 12.4. The number of hydrogen-bond donors (Lipinski definition) is 0. The zero-order valence-corrected chi connectivity index (χ0v) is 9.62. The first-order valence-corrected chi connectivity index (χ1v) is 5.08. The topological polar surface area (TPSA) is 27.0 Å². The van der Waals surface area contributed by atoms with Crippen LogP contribution < -0.4 is 4.90 Å². The van der Waals surface area contributed by atoms with Crippen molar-refractivity contribution in [2.24, 2.45) is 5.92 Å². The third-order valence-electron chi connectivity index (χ3n) is 2.45. The van der Waals surface area contributed by atoms with Crippen LogP contribution in [0.1, 0.15) is 5.56 Å². The fraction of sp³-hybridized carbons (Fsp3) is 0.417. The van der Waals surface area contributed by atoms with Crippen LogP contribution in [0.4, 0.5) is 18.9 Å². The molecule has 0 aliphatic heterocycles. The summed E-state index contributed by atoms with van der Waals surface area (Å²) in [6.45, 7) is 1.51. The van der Waals surface area contributed by atoms with Crippen molar-refractivity contribution in [3.8, 4) is 6.07 Å². The normalized spacial score (nSPS) is 12.9. The minimum Gasteiger partial charge on any atom is -0.373 e. The molecule has 0 radical (unpaired) electrons. The van der Waals surface area contributed by atoms with Crippen LogP contribution >= 0.6 is 0 Å². The van der Waals surface area contributed by atoms with Crippen molar-refractivity contribution in [2.45, 2.75) is 13.1 Å². The quantitative estimate of drug-likeness (QED) is 0.814. The Balaban J connectivity index is 2.79. The Hall–Kier alpha value is -1.70. The van der Waals surface area contributed by atoms with Gasteiger partial charge in [-0.25, -0.2) is 0 Å². The van der Waals surface area contributed by atoms with Crippen molar-refractivity contribution < 1.29 is 13.2 Å². The van der Waals surface area contributed by atoms with Gasteiger partial charge in [-0.3, -0.25) is 0 Å². The zero-order valence-electron chi connectivity index (χ0n) is 9.62. The molecule has 92 valence electrons. The van der Waals surface area contributed by atoms with Crippen molar-refractivity contribution in [3.05, 3.63) is 29.8 Å². The molecular weight excluding hydrogens is 229 g/mol. The molecule has 1 atom stereocenters.